The standard InChI is InChI=1S/C17H11ClFNO2/c18-14-4-2-1-3-13(14)15-9-10-16(22-15)17(21)20-12-7-5-11(19)6-8-12/h1-10H,(H,20,21). The van der Waals surface area contributed by atoms with Crippen molar-refractivity contribution in [1.29, 1.82) is 0 Å². The molecule has 0 radical (unpaired) electrons. The number of halogens is 2. The second-order valence-electron chi connectivity index (χ2n) is 4.60. The molecule has 0 unspecified atom stereocenters. The van der Waals surface area contributed by atoms with Crippen LogP contribution in [-0.2, 0) is 0 Å². The van der Waals surface area contributed by atoms with Crippen LogP contribution >= 0.6 is 11.6 Å². The largest absolute Gasteiger partial charge is 0.451 e. The van der Waals surface area contributed by atoms with Gasteiger partial charge in [-0.05, 0) is 48.5 Å². The van der Waals surface area contributed by atoms with E-state index in [1.165, 1.54) is 24.3 Å². The molecule has 3 rings (SSSR count). The monoisotopic (exact) mass is 315 g/mol. The summed E-state index contributed by atoms with van der Waals surface area (Å²) in [6, 6.07) is 16.0. The van der Waals surface area contributed by atoms with Crippen molar-refractivity contribution in [1.82, 2.24) is 0 Å². The molecule has 1 aromatic heterocycles. The molecule has 0 saturated carbocycles. The lowest BCUT2D eigenvalue weighted by Crippen LogP contribution is -2.10. The van der Waals surface area contributed by atoms with Gasteiger partial charge in [0.2, 0.25) is 0 Å². The minimum absolute atomic E-state index is 0.152. The molecule has 0 spiro atoms. The van der Waals surface area contributed by atoms with Crippen LogP contribution in [0.2, 0.25) is 5.02 Å². The molecule has 1 amide bonds. The van der Waals surface area contributed by atoms with E-state index >= 15 is 0 Å². The maximum Gasteiger partial charge on any atom is 0.291 e. The number of carbonyl (C=O) groups is 1. The molecule has 0 saturated heterocycles. The summed E-state index contributed by atoms with van der Waals surface area (Å²) in [5.41, 5.74) is 1.20. The van der Waals surface area contributed by atoms with Crippen LogP contribution in [0.5, 0.6) is 0 Å². The summed E-state index contributed by atoms with van der Waals surface area (Å²) in [7, 11) is 0. The van der Waals surface area contributed by atoms with Crippen LogP contribution < -0.4 is 5.32 Å². The Morgan fingerprint density at radius 2 is 1.73 bits per heavy atom. The fraction of sp³-hybridized carbons (Fsp3) is 0. The van der Waals surface area contributed by atoms with Crippen LogP contribution in [-0.4, -0.2) is 5.91 Å². The minimum atomic E-state index is -0.412. The van der Waals surface area contributed by atoms with Crippen molar-refractivity contribution >= 4 is 23.2 Å². The predicted molar refractivity (Wildman–Crippen MR) is 83.5 cm³/mol. The van der Waals surface area contributed by atoms with E-state index in [1.54, 1.807) is 18.2 Å². The van der Waals surface area contributed by atoms with Gasteiger partial charge in [-0.1, -0.05) is 23.7 Å². The van der Waals surface area contributed by atoms with Gasteiger partial charge < -0.3 is 9.73 Å². The summed E-state index contributed by atoms with van der Waals surface area (Å²) in [5, 5.41) is 3.18. The topological polar surface area (TPSA) is 42.2 Å². The lowest BCUT2D eigenvalue weighted by Gasteiger charge is -2.03. The quantitative estimate of drug-likeness (QED) is 0.739. The fourth-order valence-corrected chi connectivity index (χ4v) is 2.22. The van der Waals surface area contributed by atoms with Crippen molar-refractivity contribution in [3.8, 4) is 11.3 Å². The summed E-state index contributed by atoms with van der Waals surface area (Å²) < 4.78 is 18.4. The Labute approximate surface area is 131 Å². The summed E-state index contributed by atoms with van der Waals surface area (Å²) >= 11 is 6.10. The maximum absolute atomic E-state index is 12.8. The zero-order chi connectivity index (χ0) is 15.5. The van der Waals surface area contributed by atoms with E-state index in [2.05, 4.69) is 5.32 Å². The first-order valence-corrected chi connectivity index (χ1v) is 6.93. The zero-order valence-electron chi connectivity index (χ0n) is 11.3. The van der Waals surface area contributed by atoms with E-state index in [9.17, 15) is 9.18 Å². The first-order valence-electron chi connectivity index (χ1n) is 6.55. The van der Waals surface area contributed by atoms with Gasteiger partial charge in [-0.25, -0.2) is 4.39 Å². The summed E-state index contributed by atoms with van der Waals surface area (Å²) in [6.07, 6.45) is 0. The molecule has 22 heavy (non-hydrogen) atoms. The van der Waals surface area contributed by atoms with Crippen LogP contribution in [0.25, 0.3) is 11.3 Å². The summed E-state index contributed by atoms with van der Waals surface area (Å²) in [5.74, 6) is -0.115. The molecular weight excluding hydrogens is 305 g/mol. The van der Waals surface area contributed by atoms with Gasteiger partial charge in [-0.15, -0.1) is 0 Å². The molecule has 1 heterocycles. The van der Waals surface area contributed by atoms with E-state index in [0.717, 1.165) is 0 Å². The Balaban J connectivity index is 1.80. The third-order valence-electron chi connectivity index (χ3n) is 3.07. The highest BCUT2D eigenvalue weighted by atomic mass is 35.5. The molecule has 5 heteroatoms. The van der Waals surface area contributed by atoms with Crippen LogP contribution in [0, 0.1) is 5.82 Å². The molecule has 2 aromatic carbocycles. The lowest BCUT2D eigenvalue weighted by molar-refractivity contribution is 0.0997. The number of benzene rings is 2. The van der Waals surface area contributed by atoms with Gasteiger partial charge in [0.05, 0.1) is 5.02 Å². The minimum Gasteiger partial charge on any atom is -0.451 e. The molecular formula is C17H11ClFNO2. The number of anilines is 1. The number of hydrogen-bond acceptors (Lipinski definition) is 2. The summed E-state index contributed by atoms with van der Waals surface area (Å²) in [6.45, 7) is 0. The van der Waals surface area contributed by atoms with Crippen molar-refractivity contribution in [2.75, 3.05) is 5.32 Å². The molecule has 3 nitrogen and oxygen atoms in total. The number of carbonyl (C=O) groups excluding carboxylic acids is 1. The van der Waals surface area contributed by atoms with E-state index in [1.807, 2.05) is 18.2 Å². The van der Waals surface area contributed by atoms with Crippen LogP contribution in [0.1, 0.15) is 10.6 Å². The second-order valence-corrected chi connectivity index (χ2v) is 5.01. The molecule has 0 fully saturated rings. The van der Waals surface area contributed by atoms with Crippen LogP contribution in [0.15, 0.2) is 65.1 Å². The van der Waals surface area contributed by atoms with E-state index in [-0.39, 0.29) is 11.6 Å². The molecule has 3 aromatic rings. The van der Waals surface area contributed by atoms with Gasteiger partial charge in [-0.2, -0.15) is 0 Å². The zero-order valence-corrected chi connectivity index (χ0v) is 12.1. The second kappa shape index (κ2) is 6.03. The van der Waals surface area contributed by atoms with E-state index < -0.39 is 5.91 Å². The molecule has 0 bridgehead atoms. The third kappa shape index (κ3) is 3.02. The number of rotatable bonds is 3. The van der Waals surface area contributed by atoms with Crippen molar-refractivity contribution < 1.29 is 13.6 Å². The molecule has 0 aliphatic heterocycles. The lowest BCUT2D eigenvalue weighted by atomic mass is 10.2. The molecule has 0 aliphatic carbocycles. The van der Waals surface area contributed by atoms with Crippen molar-refractivity contribution in [3.63, 3.8) is 0 Å². The van der Waals surface area contributed by atoms with Crippen molar-refractivity contribution in [2.24, 2.45) is 0 Å². The Morgan fingerprint density at radius 3 is 2.45 bits per heavy atom. The highest BCUT2D eigenvalue weighted by Gasteiger charge is 2.14. The number of amides is 1. The van der Waals surface area contributed by atoms with Gasteiger partial charge in [-0.3, -0.25) is 4.79 Å². The van der Waals surface area contributed by atoms with Gasteiger partial charge in [0.25, 0.3) is 5.91 Å². The predicted octanol–water partition coefficient (Wildman–Crippen LogP) is 4.99. The SMILES string of the molecule is O=C(Nc1ccc(F)cc1)c1ccc(-c2ccccc2Cl)o1. The first-order chi connectivity index (χ1) is 10.6. The van der Waals surface area contributed by atoms with E-state index in [0.29, 0.717) is 22.0 Å². The summed E-state index contributed by atoms with van der Waals surface area (Å²) in [4.78, 5) is 12.1. The van der Waals surface area contributed by atoms with Crippen molar-refractivity contribution in [2.45, 2.75) is 0 Å². The highest BCUT2D eigenvalue weighted by molar-refractivity contribution is 6.33. The van der Waals surface area contributed by atoms with Crippen LogP contribution in [0.3, 0.4) is 0 Å². The molecule has 0 atom stereocenters. The average Bonchev–Trinajstić information content (AvgIpc) is 3.00. The Kier molecular flexibility index (Phi) is 3.94. The molecule has 0 aliphatic rings. The molecule has 110 valence electrons. The van der Waals surface area contributed by atoms with Gasteiger partial charge in [0.15, 0.2) is 5.76 Å². The maximum atomic E-state index is 12.8. The Hall–Kier alpha value is -2.59. The normalized spacial score (nSPS) is 10.5. The van der Waals surface area contributed by atoms with Crippen molar-refractivity contribution in [3.05, 3.63) is 77.3 Å². The van der Waals surface area contributed by atoms with Crippen LogP contribution in [0.4, 0.5) is 10.1 Å². The first kappa shape index (κ1) is 14.4. The van der Waals surface area contributed by atoms with Gasteiger partial charge in [0, 0.05) is 11.3 Å². The fourth-order valence-electron chi connectivity index (χ4n) is 1.99. The third-order valence-corrected chi connectivity index (χ3v) is 3.40. The highest BCUT2D eigenvalue weighted by Crippen LogP contribution is 2.29. The Bertz CT molecular complexity index is 812. The molecule has 1 N–H and O–H groups in total. The number of nitrogens with one attached hydrogen (secondary N) is 1. The Morgan fingerprint density at radius 1 is 1.00 bits per heavy atom. The van der Waals surface area contributed by atoms with Gasteiger partial charge in [0.1, 0.15) is 11.6 Å². The van der Waals surface area contributed by atoms with Gasteiger partial charge >= 0.3 is 0 Å². The average molecular weight is 316 g/mol. The smallest absolute Gasteiger partial charge is 0.291 e. The number of furan rings is 1. The number of hydrogen-bond donors (Lipinski definition) is 1. The van der Waals surface area contributed by atoms with E-state index in [4.69, 9.17) is 16.0 Å².